The molecule has 1 aromatic carbocycles. The quantitative estimate of drug-likeness (QED) is 0.301. The maximum absolute atomic E-state index is 12.3. The molecule has 1 amide bonds. The molecule has 164 valence electrons. The number of halogens is 1. The first-order chi connectivity index (χ1) is 13.6. The molecule has 2 saturated heterocycles. The van der Waals surface area contributed by atoms with E-state index >= 15 is 0 Å². The Kier molecular flexibility index (Phi) is 9.86. The number of nitrogens with two attached hydrogens (primary N) is 1. The van der Waals surface area contributed by atoms with Crippen LogP contribution in [0.25, 0.3) is 0 Å². The molecule has 0 aromatic heterocycles. The van der Waals surface area contributed by atoms with Gasteiger partial charge < -0.3 is 37.8 Å². The van der Waals surface area contributed by atoms with Crippen LogP contribution in [0.1, 0.15) is 37.7 Å². The number of aliphatic hydroxyl groups is 1. The van der Waals surface area contributed by atoms with Crippen LogP contribution in [0, 0.1) is 0 Å². The summed E-state index contributed by atoms with van der Waals surface area (Å²) in [5.41, 5.74) is 6.73. The molecule has 0 bridgehead atoms. The van der Waals surface area contributed by atoms with Gasteiger partial charge in [0, 0.05) is 0 Å². The van der Waals surface area contributed by atoms with Crippen LogP contribution >= 0.6 is 0 Å². The number of quaternary nitrogens is 2. The second-order valence-electron chi connectivity index (χ2n) is 8.53. The summed E-state index contributed by atoms with van der Waals surface area (Å²) >= 11 is 0. The highest BCUT2D eigenvalue weighted by Crippen LogP contribution is 2.14. The Hall–Kier alpha value is -1.18. The van der Waals surface area contributed by atoms with Gasteiger partial charge in [-0.3, -0.25) is 4.79 Å². The highest BCUT2D eigenvalue weighted by atomic mass is 35.5. The van der Waals surface area contributed by atoms with Crippen molar-refractivity contribution < 1.29 is 36.8 Å². The summed E-state index contributed by atoms with van der Waals surface area (Å²) in [7, 11) is 0. The molecule has 1 unspecified atom stereocenters. The Bertz CT molecular complexity index is 603. The molecule has 2 heterocycles. The number of piperidine rings is 2. The number of likely N-dealkylation sites (tertiary alicyclic amines) is 2. The van der Waals surface area contributed by atoms with Crippen LogP contribution in [0.15, 0.2) is 30.3 Å². The van der Waals surface area contributed by atoms with Crippen molar-refractivity contribution in [3.63, 3.8) is 0 Å². The van der Waals surface area contributed by atoms with Crippen molar-refractivity contribution in [2.45, 2.75) is 50.2 Å². The zero-order valence-electron chi connectivity index (χ0n) is 17.4. The summed E-state index contributed by atoms with van der Waals surface area (Å²) in [5.74, 6) is -0.131. The van der Waals surface area contributed by atoms with Crippen molar-refractivity contribution in [1.82, 2.24) is 0 Å². The molecule has 2 aliphatic rings. The first-order valence-corrected chi connectivity index (χ1v) is 10.9. The summed E-state index contributed by atoms with van der Waals surface area (Å²) in [5, 5.41) is 10.3. The predicted molar refractivity (Wildman–Crippen MR) is 108 cm³/mol. The maximum Gasteiger partial charge on any atom is 0.279 e. The Morgan fingerprint density at radius 3 is 2.38 bits per heavy atom. The second kappa shape index (κ2) is 11.9. The van der Waals surface area contributed by atoms with Crippen LogP contribution in [-0.4, -0.2) is 68.6 Å². The molecule has 3 rings (SSSR count). The van der Waals surface area contributed by atoms with Gasteiger partial charge in [-0.05, 0) is 31.2 Å². The topological polar surface area (TPSA) is 81.4 Å². The minimum Gasteiger partial charge on any atom is -1.00 e. The Morgan fingerprint density at radius 1 is 1.10 bits per heavy atom. The standard InChI is InChI=1S/C22H35N3O3.ClH/c23-21(27)22(25-12-5-2-6-13-25)10-14-24(15-11-22)17-20(26)18-28-16-9-19-7-3-1-4-8-19;/h1,3-4,7-8,20,26H,2,5-6,9-18H2,(H2,23,27);1H/p+1. The van der Waals surface area contributed by atoms with E-state index in [9.17, 15) is 9.90 Å². The molecule has 6 nitrogen and oxygen atoms in total. The number of benzene rings is 1. The third kappa shape index (κ3) is 6.66. The second-order valence-corrected chi connectivity index (χ2v) is 8.53. The molecule has 1 aromatic rings. The smallest absolute Gasteiger partial charge is 0.279 e. The fourth-order valence-corrected chi connectivity index (χ4v) is 4.91. The SMILES string of the molecule is NC(=O)C1([NH+]2CCCCC2)CC[NH+](CC(O)COCCc2ccccc2)CC1.[Cl-]. The fourth-order valence-electron chi connectivity index (χ4n) is 4.91. The number of carbonyl (C=O) groups is 1. The molecule has 0 radical (unpaired) electrons. The molecular formula is C22H37ClN3O3+. The normalized spacial score (nSPS) is 26.4. The van der Waals surface area contributed by atoms with Crippen molar-refractivity contribution in [2.75, 3.05) is 45.9 Å². The van der Waals surface area contributed by atoms with Crippen LogP contribution in [0.4, 0.5) is 0 Å². The van der Waals surface area contributed by atoms with E-state index in [1.54, 1.807) is 0 Å². The third-order valence-electron chi connectivity index (χ3n) is 6.63. The van der Waals surface area contributed by atoms with Gasteiger partial charge in [-0.15, -0.1) is 0 Å². The van der Waals surface area contributed by atoms with Gasteiger partial charge in [-0.2, -0.15) is 0 Å². The van der Waals surface area contributed by atoms with Gasteiger partial charge in [0.1, 0.15) is 12.6 Å². The summed E-state index contributed by atoms with van der Waals surface area (Å²) in [6, 6.07) is 10.2. The third-order valence-corrected chi connectivity index (χ3v) is 6.63. The number of ether oxygens (including phenoxy) is 1. The van der Waals surface area contributed by atoms with E-state index in [0.717, 1.165) is 45.4 Å². The average molecular weight is 427 g/mol. The number of hydrogen-bond donors (Lipinski definition) is 4. The van der Waals surface area contributed by atoms with Crippen LogP contribution in [-0.2, 0) is 16.0 Å². The first kappa shape index (κ1) is 24.1. The number of aliphatic hydroxyl groups excluding tert-OH is 1. The van der Waals surface area contributed by atoms with Gasteiger partial charge in [0.2, 0.25) is 0 Å². The van der Waals surface area contributed by atoms with Crippen molar-refractivity contribution in [3.05, 3.63) is 35.9 Å². The first-order valence-electron chi connectivity index (χ1n) is 10.9. The Morgan fingerprint density at radius 2 is 1.76 bits per heavy atom. The zero-order chi connectivity index (χ0) is 19.8. The maximum atomic E-state index is 12.3. The lowest BCUT2D eigenvalue weighted by molar-refractivity contribution is -0.974. The highest BCUT2D eigenvalue weighted by molar-refractivity contribution is 5.83. The van der Waals surface area contributed by atoms with Crippen molar-refractivity contribution in [1.29, 1.82) is 0 Å². The van der Waals surface area contributed by atoms with E-state index < -0.39 is 6.10 Å². The van der Waals surface area contributed by atoms with Gasteiger partial charge in [-0.1, -0.05) is 30.3 Å². The van der Waals surface area contributed by atoms with Gasteiger partial charge in [0.05, 0.1) is 52.2 Å². The summed E-state index contributed by atoms with van der Waals surface area (Å²) < 4.78 is 5.67. The van der Waals surface area contributed by atoms with E-state index in [1.165, 1.54) is 34.6 Å². The molecular weight excluding hydrogens is 390 g/mol. The average Bonchev–Trinajstić information content (AvgIpc) is 2.73. The molecule has 1 atom stereocenters. The van der Waals surface area contributed by atoms with Crippen LogP contribution in [0.2, 0.25) is 0 Å². The number of hydrogen-bond acceptors (Lipinski definition) is 3. The molecule has 2 aliphatic heterocycles. The van der Waals surface area contributed by atoms with Crippen LogP contribution in [0.3, 0.4) is 0 Å². The van der Waals surface area contributed by atoms with Crippen molar-refractivity contribution in [3.8, 4) is 0 Å². The number of primary amides is 1. The zero-order valence-corrected chi connectivity index (χ0v) is 18.1. The van der Waals surface area contributed by atoms with Gasteiger partial charge in [0.25, 0.3) is 5.91 Å². The lowest BCUT2D eigenvalue weighted by atomic mass is 9.83. The van der Waals surface area contributed by atoms with Crippen molar-refractivity contribution in [2.24, 2.45) is 5.73 Å². The molecule has 0 saturated carbocycles. The Balaban J connectivity index is 0.00000300. The molecule has 2 fully saturated rings. The van der Waals surface area contributed by atoms with Gasteiger partial charge in [-0.25, -0.2) is 0 Å². The van der Waals surface area contributed by atoms with E-state index in [0.29, 0.717) is 19.8 Å². The van der Waals surface area contributed by atoms with E-state index in [-0.39, 0.29) is 23.9 Å². The molecule has 7 heteroatoms. The lowest BCUT2D eigenvalue weighted by Crippen LogP contribution is -3.26. The predicted octanol–water partition coefficient (Wildman–Crippen LogP) is -4.42. The lowest BCUT2D eigenvalue weighted by Gasteiger charge is -2.44. The van der Waals surface area contributed by atoms with Crippen LogP contribution in [0.5, 0.6) is 0 Å². The monoisotopic (exact) mass is 426 g/mol. The van der Waals surface area contributed by atoms with Crippen LogP contribution < -0.4 is 27.9 Å². The van der Waals surface area contributed by atoms with Crippen molar-refractivity contribution >= 4 is 5.91 Å². The van der Waals surface area contributed by atoms with E-state index in [2.05, 4.69) is 12.1 Å². The van der Waals surface area contributed by atoms with Gasteiger partial charge in [0.15, 0.2) is 5.54 Å². The summed E-state index contributed by atoms with van der Waals surface area (Å²) in [4.78, 5) is 15.1. The Labute approximate surface area is 180 Å². The molecule has 0 aliphatic carbocycles. The molecule has 29 heavy (non-hydrogen) atoms. The number of amides is 1. The highest BCUT2D eigenvalue weighted by Gasteiger charge is 2.50. The molecule has 0 spiro atoms. The summed E-state index contributed by atoms with van der Waals surface area (Å²) in [6.45, 7) is 5.59. The minimum atomic E-state index is -0.464. The molecule has 5 N–H and O–H groups in total. The summed E-state index contributed by atoms with van der Waals surface area (Å²) in [6.07, 6.45) is 5.72. The largest absolute Gasteiger partial charge is 1.00 e. The number of nitrogens with one attached hydrogen (secondary N) is 2. The number of carbonyl (C=O) groups excluding carboxylic acids is 1. The van der Waals surface area contributed by atoms with E-state index in [1.807, 2.05) is 18.2 Å². The van der Waals surface area contributed by atoms with Gasteiger partial charge >= 0.3 is 0 Å². The minimum absolute atomic E-state index is 0. The number of rotatable bonds is 9. The van der Waals surface area contributed by atoms with E-state index in [4.69, 9.17) is 10.5 Å². The fraction of sp³-hybridized carbons (Fsp3) is 0.682.